The molecule has 3 N–H and O–H groups in total. The maximum absolute atomic E-state index is 12.5. The van der Waals surface area contributed by atoms with Crippen molar-refractivity contribution in [3.63, 3.8) is 0 Å². The summed E-state index contributed by atoms with van der Waals surface area (Å²) in [6, 6.07) is 18.1. The van der Waals surface area contributed by atoms with Crippen molar-refractivity contribution in [1.29, 1.82) is 0 Å². The molecule has 1 heterocycles. The predicted molar refractivity (Wildman–Crippen MR) is 84.5 cm³/mol. The molecule has 0 amide bonds. The molecule has 3 rings (SSSR count). The number of nitrogens with zero attached hydrogens (tertiary/aromatic N) is 1. The van der Waals surface area contributed by atoms with Crippen molar-refractivity contribution >= 4 is 5.78 Å². The van der Waals surface area contributed by atoms with Crippen LogP contribution in [0.25, 0.3) is 0 Å². The molecule has 0 radical (unpaired) electrons. The van der Waals surface area contributed by atoms with Crippen molar-refractivity contribution in [2.45, 2.75) is 24.4 Å². The van der Waals surface area contributed by atoms with E-state index in [4.69, 9.17) is 5.73 Å². The van der Waals surface area contributed by atoms with E-state index in [0.717, 1.165) is 11.1 Å². The zero-order chi connectivity index (χ0) is 15.5. The van der Waals surface area contributed by atoms with E-state index >= 15 is 0 Å². The Morgan fingerprint density at radius 2 is 1.50 bits per heavy atom. The minimum Gasteiger partial charge on any atom is -0.320 e. The molecule has 0 spiro atoms. The Labute approximate surface area is 130 Å². The van der Waals surface area contributed by atoms with Gasteiger partial charge in [-0.3, -0.25) is 4.79 Å². The lowest BCUT2D eigenvalue weighted by Gasteiger charge is -2.28. The van der Waals surface area contributed by atoms with Crippen LogP contribution >= 0.6 is 0 Å². The van der Waals surface area contributed by atoms with Gasteiger partial charge in [-0.05, 0) is 11.1 Å². The second kappa shape index (κ2) is 6.40. The first-order valence-electron chi connectivity index (χ1n) is 7.50. The van der Waals surface area contributed by atoms with E-state index in [1.165, 1.54) is 5.06 Å². The molecule has 1 aliphatic heterocycles. The largest absolute Gasteiger partial charge is 0.320 e. The fourth-order valence-corrected chi connectivity index (χ4v) is 3.12. The van der Waals surface area contributed by atoms with Gasteiger partial charge in [0.05, 0.1) is 12.1 Å². The van der Waals surface area contributed by atoms with Gasteiger partial charge in [-0.2, -0.15) is 5.06 Å². The molecule has 0 bridgehead atoms. The van der Waals surface area contributed by atoms with Gasteiger partial charge < -0.3 is 10.9 Å². The van der Waals surface area contributed by atoms with E-state index in [1.54, 1.807) is 0 Å². The molecule has 114 valence electrons. The molecule has 0 saturated carbocycles. The lowest BCUT2D eigenvalue weighted by Crippen LogP contribution is -2.42. The van der Waals surface area contributed by atoms with Gasteiger partial charge in [-0.15, -0.1) is 0 Å². The summed E-state index contributed by atoms with van der Waals surface area (Å²) in [4.78, 5) is 12.5. The highest BCUT2D eigenvalue weighted by molar-refractivity contribution is 5.86. The monoisotopic (exact) mass is 296 g/mol. The predicted octanol–water partition coefficient (Wildman–Crippen LogP) is 2.50. The molecule has 0 unspecified atom stereocenters. The van der Waals surface area contributed by atoms with E-state index in [0.29, 0.717) is 13.0 Å². The van der Waals surface area contributed by atoms with Crippen molar-refractivity contribution < 1.29 is 10.0 Å². The highest BCUT2D eigenvalue weighted by Gasteiger charge is 2.37. The maximum Gasteiger partial charge on any atom is 0.152 e. The van der Waals surface area contributed by atoms with Crippen molar-refractivity contribution in [1.82, 2.24) is 5.06 Å². The fourth-order valence-electron chi connectivity index (χ4n) is 3.12. The number of nitrogens with two attached hydrogens (primary N) is 1. The lowest BCUT2D eigenvalue weighted by atomic mass is 9.91. The van der Waals surface area contributed by atoms with E-state index in [-0.39, 0.29) is 11.7 Å². The Balaban J connectivity index is 1.91. The molecule has 0 aromatic heterocycles. The first-order chi connectivity index (χ1) is 10.7. The number of rotatable bonds is 2. The average Bonchev–Trinajstić information content (AvgIpc) is 2.66. The first kappa shape index (κ1) is 14.9. The van der Waals surface area contributed by atoms with Gasteiger partial charge in [-0.25, -0.2) is 0 Å². The van der Waals surface area contributed by atoms with Crippen LogP contribution in [0.1, 0.15) is 29.5 Å². The third-order valence-electron chi connectivity index (χ3n) is 4.30. The van der Waals surface area contributed by atoms with Gasteiger partial charge in [0.2, 0.25) is 0 Å². The summed E-state index contributed by atoms with van der Waals surface area (Å²) in [6.45, 7) is 0.392. The quantitative estimate of drug-likeness (QED) is 0.893. The number of carbonyl (C=O) groups is 1. The Morgan fingerprint density at radius 1 is 0.955 bits per heavy atom. The Bertz CT molecular complexity index is 630. The Morgan fingerprint density at radius 3 is 2.09 bits per heavy atom. The van der Waals surface area contributed by atoms with E-state index in [9.17, 15) is 10.0 Å². The molecule has 1 saturated heterocycles. The smallest absolute Gasteiger partial charge is 0.152 e. The molecule has 3 atom stereocenters. The first-order valence-corrected chi connectivity index (χ1v) is 7.50. The standard InChI is InChI=1S/C18H20N2O2/c19-17-16(21)11-15(13-7-3-1-4-8-13)12-20(22)18(17)14-9-5-2-6-10-14/h1-10,15,17-18,22H,11-12,19H2/t15-,17+,18+/m0/s1. The highest BCUT2D eigenvalue weighted by atomic mass is 16.5. The number of benzene rings is 2. The van der Waals surface area contributed by atoms with Crippen LogP contribution in [0, 0.1) is 0 Å². The van der Waals surface area contributed by atoms with E-state index in [1.807, 2.05) is 60.7 Å². The fraction of sp³-hybridized carbons (Fsp3) is 0.278. The minimum absolute atomic E-state index is 0.0146. The summed E-state index contributed by atoms with van der Waals surface area (Å²) in [7, 11) is 0. The molecular formula is C18H20N2O2. The van der Waals surface area contributed by atoms with Gasteiger partial charge in [0, 0.05) is 18.9 Å². The molecular weight excluding hydrogens is 276 g/mol. The van der Waals surface area contributed by atoms with Gasteiger partial charge in [0.15, 0.2) is 5.78 Å². The van der Waals surface area contributed by atoms with E-state index < -0.39 is 12.1 Å². The second-order valence-electron chi connectivity index (χ2n) is 5.78. The topological polar surface area (TPSA) is 66.6 Å². The zero-order valence-electron chi connectivity index (χ0n) is 12.3. The van der Waals surface area contributed by atoms with Crippen molar-refractivity contribution in [3.05, 3.63) is 71.8 Å². The number of hydrogen-bond donors (Lipinski definition) is 2. The summed E-state index contributed by atoms with van der Waals surface area (Å²) in [5.74, 6) is -0.0577. The molecule has 0 aliphatic carbocycles. The Hall–Kier alpha value is -2.01. The van der Waals surface area contributed by atoms with Crippen LogP contribution in [0.4, 0.5) is 0 Å². The number of Topliss-reactive ketones (excluding diaryl/α,β-unsaturated/α-hetero) is 1. The van der Waals surface area contributed by atoms with Gasteiger partial charge in [0.25, 0.3) is 0 Å². The molecule has 2 aromatic rings. The van der Waals surface area contributed by atoms with Crippen LogP contribution in [0.5, 0.6) is 0 Å². The zero-order valence-corrected chi connectivity index (χ0v) is 12.3. The molecule has 4 heteroatoms. The van der Waals surface area contributed by atoms with Crippen LogP contribution in [-0.4, -0.2) is 28.6 Å². The maximum atomic E-state index is 12.5. The lowest BCUT2D eigenvalue weighted by molar-refractivity contribution is -0.139. The summed E-state index contributed by atoms with van der Waals surface area (Å²) < 4.78 is 0. The summed E-state index contributed by atoms with van der Waals surface area (Å²) in [5.41, 5.74) is 8.05. The van der Waals surface area contributed by atoms with Crippen LogP contribution < -0.4 is 5.73 Å². The number of hydroxylamine groups is 2. The average molecular weight is 296 g/mol. The molecule has 2 aromatic carbocycles. The summed E-state index contributed by atoms with van der Waals surface area (Å²) in [5, 5.41) is 11.7. The second-order valence-corrected chi connectivity index (χ2v) is 5.78. The van der Waals surface area contributed by atoms with Crippen molar-refractivity contribution in [2.75, 3.05) is 6.54 Å². The molecule has 1 aliphatic rings. The van der Waals surface area contributed by atoms with Crippen molar-refractivity contribution in [2.24, 2.45) is 5.73 Å². The SMILES string of the molecule is N[C@@H]1C(=O)C[C@H](c2ccccc2)CN(O)[C@@H]1c1ccccc1. The van der Waals surface area contributed by atoms with Crippen LogP contribution in [0.15, 0.2) is 60.7 Å². The number of carbonyl (C=O) groups excluding carboxylic acids is 1. The molecule has 1 fully saturated rings. The van der Waals surface area contributed by atoms with Gasteiger partial charge in [-0.1, -0.05) is 60.7 Å². The number of ketones is 1. The summed E-state index contributed by atoms with van der Waals surface area (Å²) >= 11 is 0. The van der Waals surface area contributed by atoms with Crippen molar-refractivity contribution in [3.8, 4) is 0 Å². The molecule has 22 heavy (non-hydrogen) atoms. The van der Waals surface area contributed by atoms with Crippen LogP contribution in [0.2, 0.25) is 0 Å². The van der Waals surface area contributed by atoms with Gasteiger partial charge >= 0.3 is 0 Å². The highest BCUT2D eigenvalue weighted by Crippen LogP contribution is 2.32. The minimum atomic E-state index is -0.721. The summed E-state index contributed by atoms with van der Waals surface area (Å²) in [6.07, 6.45) is 0.353. The third kappa shape index (κ3) is 2.95. The normalized spacial score (nSPS) is 26.6. The van der Waals surface area contributed by atoms with E-state index in [2.05, 4.69) is 0 Å². The van der Waals surface area contributed by atoms with Crippen LogP contribution in [-0.2, 0) is 4.79 Å². The van der Waals surface area contributed by atoms with Crippen LogP contribution in [0.3, 0.4) is 0 Å². The Kier molecular flexibility index (Phi) is 4.34. The van der Waals surface area contributed by atoms with Gasteiger partial charge in [0.1, 0.15) is 0 Å². The number of hydrogen-bond acceptors (Lipinski definition) is 4. The third-order valence-corrected chi connectivity index (χ3v) is 4.30. The molecule has 4 nitrogen and oxygen atoms in total.